The number of aliphatic hydroxyl groups is 1. The summed E-state index contributed by atoms with van der Waals surface area (Å²) in [6.45, 7) is 9.94. The molecule has 1 aliphatic carbocycles. The summed E-state index contributed by atoms with van der Waals surface area (Å²) in [6.07, 6.45) is 5.34. The van der Waals surface area contributed by atoms with Crippen LogP contribution in [0, 0.1) is 28.1 Å². The molecule has 21 heavy (non-hydrogen) atoms. The Morgan fingerprint density at radius 1 is 1.19 bits per heavy atom. The van der Waals surface area contributed by atoms with Crippen LogP contribution in [0.15, 0.2) is 0 Å². The SMILES string of the molecule is CC1CC(O)(C2(C#N)CCC(C(C)(C)C)CC2)CCN1C. The van der Waals surface area contributed by atoms with Crippen molar-refractivity contribution >= 4 is 0 Å². The molecular formula is C18H32N2O. The van der Waals surface area contributed by atoms with Crippen molar-refractivity contribution in [1.29, 1.82) is 5.26 Å². The molecule has 2 unspecified atom stereocenters. The molecule has 2 rings (SSSR count). The van der Waals surface area contributed by atoms with Gasteiger partial charge in [-0.15, -0.1) is 0 Å². The summed E-state index contributed by atoms with van der Waals surface area (Å²) in [7, 11) is 2.11. The van der Waals surface area contributed by atoms with Gasteiger partial charge in [-0.05, 0) is 63.8 Å². The first-order valence-electron chi connectivity index (χ1n) is 8.47. The zero-order valence-electron chi connectivity index (χ0n) is 14.4. The Bertz CT molecular complexity index is 412. The molecule has 3 heteroatoms. The van der Waals surface area contributed by atoms with Crippen LogP contribution in [0.5, 0.6) is 0 Å². The molecule has 0 bridgehead atoms. The lowest BCUT2D eigenvalue weighted by Crippen LogP contribution is -2.57. The first kappa shape index (κ1) is 16.8. The standard InChI is InChI=1S/C18H32N2O/c1-14-12-18(21,10-11-20(14)5)17(13-19)8-6-15(7-9-17)16(2,3)4/h14-15,21H,6-12H2,1-5H3. The fraction of sp³-hybridized carbons (Fsp3) is 0.944. The molecule has 1 saturated carbocycles. The number of piperidine rings is 1. The molecule has 1 saturated heterocycles. The van der Waals surface area contributed by atoms with Gasteiger partial charge in [0, 0.05) is 12.6 Å². The van der Waals surface area contributed by atoms with Gasteiger partial charge in [-0.25, -0.2) is 0 Å². The van der Waals surface area contributed by atoms with Crippen molar-refractivity contribution in [2.24, 2.45) is 16.7 Å². The van der Waals surface area contributed by atoms with Gasteiger partial charge < -0.3 is 10.0 Å². The van der Waals surface area contributed by atoms with Crippen LogP contribution in [-0.4, -0.2) is 35.2 Å². The second-order valence-electron chi connectivity index (χ2n) is 8.65. The number of hydrogen-bond acceptors (Lipinski definition) is 3. The molecule has 0 radical (unpaired) electrons. The Labute approximate surface area is 130 Å². The molecule has 1 N–H and O–H groups in total. The first-order valence-corrected chi connectivity index (χ1v) is 8.47. The zero-order valence-corrected chi connectivity index (χ0v) is 14.4. The van der Waals surface area contributed by atoms with E-state index in [0.29, 0.717) is 17.4 Å². The number of rotatable bonds is 1. The summed E-state index contributed by atoms with van der Waals surface area (Å²) < 4.78 is 0. The predicted molar refractivity (Wildman–Crippen MR) is 85.7 cm³/mol. The van der Waals surface area contributed by atoms with Gasteiger partial charge in [0.1, 0.15) is 0 Å². The maximum atomic E-state index is 11.3. The highest BCUT2D eigenvalue weighted by atomic mass is 16.3. The van der Waals surface area contributed by atoms with Gasteiger partial charge >= 0.3 is 0 Å². The van der Waals surface area contributed by atoms with Crippen molar-refractivity contribution in [2.75, 3.05) is 13.6 Å². The van der Waals surface area contributed by atoms with E-state index in [9.17, 15) is 10.4 Å². The summed E-state index contributed by atoms with van der Waals surface area (Å²) in [5.74, 6) is 0.672. The Morgan fingerprint density at radius 3 is 2.19 bits per heavy atom. The van der Waals surface area contributed by atoms with E-state index in [1.807, 2.05) is 0 Å². The third kappa shape index (κ3) is 2.98. The lowest BCUT2D eigenvalue weighted by Gasteiger charge is -2.52. The Hall–Kier alpha value is -0.590. The average Bonchev–Trinajstić information content (AvgIpc) is 2.42. The maximum Gasteiger partial charge on any atom is 0.0861 e. The highest BCUT2D eigenvalue weighted by Crippen LogP contribution is 2.53. The Kier molecular flexibility index (Phi) is 4.44. The van der Waals surface area contributed by atoms with Crippen LogP contribution >= 0.6 is 0 Å². The molecule has 0 aromatic rings. The Balaban J connectivity index is 2.15. The predicted octanol–water partition coefficient (Wildman–Crippen LogP) is 3.58. The number of hydrogen-bond donors (Lipinski definition) is 1. The van der Waals surface area contributed by atoms with Crippen molar-refractivity contribution in [3.8, 4) is 6.07 Å². The van der Waals surface area contributed by atoms with Crippen molar-refractivity contribution in [2.45, 2.75) is 77.9 Å². The first-order chi connectivity index (χ1) is 9.63. The fourth-order valence-corrected chi connectivity index (χ4v) is 4.42. The van der Waals surface area contributed by atoms with Gasteiger partial charge in [0.25, 0.3) is 0 Å². The summed E-state index contributed by atoms with van der Waals surface area (Å²) >= 11 is 0. The average molecular weight is 292 g/mol. The topological polar surface area (TPSA) is 47.3 Å². The normalized spacial score (nSPS) is 42.5. The molecular weight excluding hydrogens is 260 g/mol. The summed E-state index contributed by atoms with van der Waals surface area (Å²) in [4.78, 5) is 2.29. The highest BCUT2D eigenvalue weighted by molar-refractivity contribution is 5.15. The molecule has 1 heterocycles. The van der Waals surface area contributed by atoms with E-state index < -0.39 is 11.0 Å². The monoisotopic (exact) mass is 292 g/mol. The molecule has 0 aromatic carbocycles. The number of nitriles is 1. The van der Waals surface area contributed by atoms with Gasteiger partial charge in [0.2, 0.25) is 0 Å². The largest absolute Gasteiger partial charge is 0.388 e. The van der Waals surface area contributed by atoms with Crippen molar-refractivity contribution in [3.05, 3.63) is 0 Å². The molecule has 0 spiro atoms. The highest BCUT2D eigenvalue weighted by Gasteiger charge is 2.54. The van der Waals surface area contributed by atoms with Gasteiger partial charge in [0.05, 0.1) is 17.1 Å². The van der Waals surface area contributed by atoms with E-state index in [0.717, 1.165) is 45.1 Å². The Morgan fingerprint density at radius 2 is 1.76 bits per heavy atom. The number of likely N-dealkylation sites (tertiary alicyclic amines) is 1. The van der Waals surface area contributed by atoms with Gasteiger partial charge in [0.15, 0.2) is 0 Å². The molecule has 0 amide bonds. The second kappa shape index (κ2) is 5.56. The van der Waals surface area contributed by atoms with Crippen LogP contribution < -0.4 is 0 Å². The van der Waals surface area contributed by atoms with Crippen molar-refractivity contribution in [3.63, 3.8) is 0 Å². The van der Waals surface area contributed by atoms with Crippen LogP contribution in [0.25, 0.3) is 0 Å². The van der Waals surface area contributed by atoms with E-state index in [1.165, 1.54) is 0 Å². The zero-order chi connectivity index (χ0) is 15.9. The summed E-state index contributed by atoms with van der Waals surface area (Å²) in [5, 5.41) is 21.2. The van der Waals surface area contributed by atoms with E-state index in [1.54, 1.807) is 0 Å². The molecule has 2 aliphatic rings. The van der Waals surface area contributed by atoms with Crippen LogP contribution in [0.2, 0.25) is 0 Å². The molecule has 2 atom stereocenters. The minimum absolute atomic E-state index is 0.310. The van der Waals surface area contributed by atoms with E-state index in [2.05, 4.69) is 45.7 Å². The van der Waals surface area contributed by atoms with Crippen LogP contribution in [0.3, 0.4) is 0 Å². The second-order valence-corrected chi connectivity index (χ2v) is 8.65. The van der Waals surface area contributed by atoms with Crippen molar-refractivity contribution in [1.82, 2.24) is 4.90 Å². The molecule has 120 valence electrons. The van der Waals surface area contributed by atoms with Gasteiger partial charge in [-0.1, -0.05) is 20.8 Å². The van der Waals surface area contributed by atoms with Crippen LogP contribution in [0.1, 0.15) is 66.2 Å². The molecule has 2 fully saturated rings. The maximum absolute atomic E-state index is 11.3. The minimum atomic E-state index is -0.795. The molecule has 3 nitrogen and oxygen atoms in total. The van der Waals surface area contributed by atoms with Gasteiger partial charge in [-0.3, -0.25) is 0 Å². The fourth-order valence-electron chi connectivity index (χ4n) is 4.42. The lowest BCUT2D eigenvalue weighted by atomic mass is 9.56. The smallest absolute Gasteiger partial charge is 0.0861 e. The van der Waals surface area contributed by atoms with E-state index >= 15 is 0 Å². The third-order valence-corrected chi connectivity index (χ3v) is 6.43. The molecule has 0 aromatic heterocycles. The number of nitrogens with zero attached hydrogens (tertiary/aromatic N) is 2. The third-order valence-electron chi connectivity index (χ3n) is 6.43. The molecule has 1 aliphatic heterocycles. The lowest BCUT2D eigenvalue weighted by molar-refractivity contribution is -0.127. The summed E-state index contributed by atoms with van der Waals surface area (Å²) in [6, 6.07) is 2.92. The van der Waals surface area contributed by atoms with Crippen molar-refractivity contribution < 1.29 is 5.11 Å². The summed E-state index contributed by atoms with van der Waals surface area (Å²) in [5.41, 5.74) is -1.01. The van der Waals surface area contributed by atoms with Gasteiger partial charge in [-0.2, -0.15) is 5.26 Å². The van der Waals surface area contributed by atoms with E-state index in [-0.39, 0.29) is 0 Å². The quantitative estimate of drug-likeness (QED) is 0.803. The van der Waals surface area contributed by atoms with Crippen LogP contribution in [0.4, 0.5) is 0 Å². The minimum Gasteiger partial charge on any atom is -0.388 e. The van der Waals surface area contributed by atoms with E-state index in [4.69, 9.17) is 0 Å². The van der Waals surface area contributed by atoms with Crippen LogP contribution in [-0.2, 0) is 0 Å².